The number of amides is 1. The minimum Gasteiger partial charge on any atom is -0.423 e. The number of rotatable bonds is 3. The third-order valence-corrected chi connectivity index (χ3v) is 3.91. The highest BCUT2D eigenvalue weighted by Crippen LogP contribution is 2.23. The molecule has 3 N–H and O–H groups in total. The molecule has 0 bridgehead atoms. The van der Waals surface area contributed by atoms with E-state index in [1.54, 1.807) is 0 Å². The van der Waals surface area contributed by atoms with Crippen LogP contribution in [-0.4, -0.2) is 23.1 Å². The molecule has 0 aromatic heterocycles. The van der Waals surface area contributed by atoms with E-state index in [-0.39, 0.29) is 16.4 Å². The van der Waals surface area contributed by atoms with E-state index in [4.69, 9.17) is 21.6 Å². The number of fused-ring (bicyclic) bond motifs is 1. The van der Waals surface area contributed by atoms with Gasteiger partial charge in [-0.3, -0.25) is 4.79 Å². The predicted octanol–water partition coefficient (Wildman–Crippen LogP) is 2.43. The average molecular weight is 326 g/mol. The SMILES string of the molecule is O=C(Nc1cccc2ccccc12)c1ccc(B(O)O)c(Cl)c1. The fraction of sp³-hybridized carbons (Fsp3) is 0. The molecule has 3 aromatic rings. The van der Waals surface area contributed by atoms with Crippen LogP contribution in [0.1, 0.15) is 10.4 Å². The Bertz CT molecular complexity index is 877. The second-order valence-electron chi connectivity index (χ2n) is 5.09. The van der Waals surface area contributed by atoms with E-state index < -0.39 is 7.12 Å². The summed E-state index contributed by atoms with van der Waals surface area (Å²) in [5, 5.41) is 23.3. The summed E-state index contributed by atoms with van der Waals surface area (Å²) in [5.41, 5.74) is 1.20. The zero-order chi connectivity index (χ0) is 16.4. The number of anilines is 1. The summed E-state index contributed by atoms with van der Waals surface area (Å²) < 4.78 is 0. The Kier molecular flexibility index (Phi) is 4.34. The van der Waals surface area contributed by atoms with E-state index in [0.717, 1.165) is 10.8 Å². The van der Waals surface area contributed by atoms with Gasteiger partial charge in [0.05, 0.1) is 0 Å². The Hall–Kier alpha value is -2.34. The van der Waals surface area contributed by atoms with Gasteiger partial charge < -0.3 is 15.4 Å². The molecule has 0 saturated heterocycles. The molecule has 4 nitrogen and oxygen atoms in total. The third-order valence-electron chi connectivity index (χ3n) is 3.58. The van der Waals surface area contributed by atoms with E-state index in [9.17, 15) is 4.79 Å². The summed E-state index contributed by atoms with van der Waals surface area (Å²) in [4.78, 5) is 12.4. The molecular formula is C17H13BClNO3. The molecule has 0 fully saturated rings. The molecule has 0 spiro atoms. The maximum atomic E-state index is 12.4. The van der Waals surface area contributed by atoms with Gasteiger partial charge in [-0.15, -0.1) is 0 Å². The molecule has 114 valence electrons. The van der Waals surface area contributed by atoms with Crippen LogP contribution >= 0.6 is 11.6 Å². The molecule has 0 saturated carbocycles. The molecule has 0 aliphatic rings. The Balaban J connectivity index is 1.91. The number of hydrogen-bond acceptors (Lipinski definition) is 3. The van der Waals surface area contributed by atoms with Gasteiger partial charge in [0.1, 0.15) is 0 Å². The molecule has 0 radical (unpaired) electrons. The minimum atomic E-state index is -1.67. The molecule has 3 aromatic carbocycles. The fourth-order valence-electron chi connectivity index (χ4n) is 2.41. The van der Waals surface area contributed by atoms with E-state index >= 15 is 0 Å². The third kappa shape index (κ3) is 3.22. The Morgan fingerprint density at radius 2 is 1.74 bits per heavy atom. The number of carbonyl (C=O) groups is 1. The maximum Gasteiger partial charge on any atom is 0.489 e. The minimum absolute atomic E-state index is 0.130. The van der Waals surface area contributed by atoms with Crippen molar-refractivity contribution in [3.05, 3.63) is 71.2 Å². The first-order valence-electron chi connectivity index (χ1n) is 7.01. The van der Waals surface area contributed by atoms with E-state index in [2.05, 4.69) is 5.32 Å². The van der Waals surface area contributed by atoms with Crippen molar-refractivity contribution in [2.24, 2.45) is 0 Å². The summed E-state index contributed by atoms with van der Waals surface area (Å²) >= 11 is 5.97. The van der Waals surface area contributed by atoms with Crippen LogP contribution in [0.2, 0.25) is 5.02 Å². The number of halogens is 1. The van der Waals surface area contributed by atoms with Gasteiger partial charge in [0.15, 0.2) is 0 Å². The highest BCUT2D eigenvalue weighted by atomic mass is 35.5. The van der Waals surface area contributed by atoms with E-state index in [1.165, 1.54) is 18.2 Å². The molecule has 1 amide bonds. The second kappa shape index (κ2) is 6.42. The van der Waals surface area contributed by atoms with E-state index in [0.29, 0.717) is 11.3 Å². The highest BCUT2D eigenvalue weighted by Gasteiger charge is 2.17. The predicted molar refractivity (Wildman–Crippen MR) is 93.2 cm³/mol. The fourth-order valence-corrected chi connectivity index (χ4v) is 2.68. The molecule has 0 atom stereocenters. The lowest BCUT2D eigenvalue weighted by molar-refractivity contribution is 0.102. The molecule has 0 heterocycles. The normalized spacial score (nSPS) is 10.6. The van der Waals surface area contributed by atoms with Gasteiger partial charge in [0, 0.05) is 27.1 Å². The zero-order valence-electron chi connectivity index (χ0n) is 12.0. The monoisotopic (exact) mass is 325 g/mol. The summed E-state index contributed by atoms with van der Waals surface area (Å²) in [6, 6.07) is 17.8. The van der Waals surface area contributed by atoms with Gasteiger partial charge in [-0.25, -0.2) is 0 Å². The van der Waals surface area contributed by atoms with Crippen LogP contribution in [0.4, 0.5) is 5.69 Å². The Morgan fingerprint density at radius 1 is 1.00 bits per heavy atom. The molecule has 23 heavy (non-hydrogen) atoms. The lowest BCUT2D eigenvalue weighted by atomic mass is 9.80. The van der Waals surface area contributed by atoms with Crippen LogP contribution in [0.15, 0.2) is 60.7 Å². The Morgan fingerprint density at radius 3 is 2.48 bits per heavy atom. The van der Waals surface area contributed by atoms with Crippen LogP contribution in [-0.2, 0) is 0 Å². The lowest BCUT2D eigenvalue weighted by Crippen LogP contribution is -2.31. The summed E-state index contributed by atoms with van der Waals surface area (Å²) in [7, 11) is -1.67. The van der Waals surface area contributed by atoms with Crippen LogP contribution < -0.4 is 10.8 Å². The quantitative estimate of drug-likeness (QED) is 0.648. The summed E-state index contributed by atoms with van der Waals surface area (Å²) in [5.74, 6) is -0.317. The molecule has 3 rings (SSSR count). The number of carbonyl (C=O) groups excluding carboxylic acids is 1. The van der Waals surface area contributed by atoms with Crippen LogP contribution in [0, 0.1) is 0 Å². The summed E-state index contributed by atoms with van der Waals surface area (Å²) in [6.45, 7) is 0. The standard InChI is InChI=1S/C17H13BClNO3/c19-15-10-12(8-9-14(15)18(22)23)17(21)20-16-7-3-5-11-4-1-2-6-13(11)16/h1-10,22-23H,(H,20,21). The van der Waals surface area contributed by atoms with Crippen LogP contribution in [0.25, 0.3) is 10.8 Å². The van der Waals surface area contributed by atoms with Crippen molar-refractivity contribution < 1.29 is 14.8 Å². The number of hydrogen-bond donors (Lipinski definition) is 3. The number of nitrogens with one attached hydrogen (secondary N) is 1. The van der Waals surface area contributed by atoms with Crippen molar-refractivity contribution >= 4 is 46.5 Å². The average Bonchev–Trinajstić information content (AvgIpc) is 2.54. The van der Waals surface area contributed by atoms with Gasteiger partial charge in [0.2, 0.25) is 0 Å². The van der Waals surface area contributed by atoms with Crippen molar-refractivity contribution in [1.29, 1.82) is 0 Å². The van der Waals surface area contributed by atoms with Crippen molar-refractivity contribution in [3.63, 3.8) is 0 Å². The van der Waals surface area contributed by atoms with Crippen molar-refractivity contribution in [1.82, 2.24) is 0 Å². The molecule has 6 heteroatoms. The van der Waals surface area contributed by atoms with Gasteiger partial charge in [-0.05, 0) is 23.6 Å². The molecule has 0 unspecified atom stereocenters. The van der Waals surface area contributed by atoms with Gasteiger partial charge in [-0.1, -0.05) is 54.1 Å². The number of benzene rings is 3. The second-order valence-corrected chi connectivity index (χ2v) is 5.50. The van der Waals surface area contributed by atoms with E-state index in [1.807, 2.05) is 42.5 Å². The zero-order valence-corrected chi connectivity index (χ0v) is 12.8. The first-order chi connectivity index (χ1) is 11.1. The molecule has 0 aliphatic heterocycles. The van der Waals surface area contributed by atoms with Crippen LogP contribution in [0.5, 0.6) is 0 Å². The van der Waals surface area contributed by atoms with Crippen molar-refractivity contribution in [2.75, 3.05) is 5.32 Å². The Labute approximate surface area is 138 Å². The maximum absolute atomic E-state index is 12.4. The molecule has 0 aliphatic carbocycles. The van der Waals surface area contributed by atoms with Gasteiger partial charge in [0.25, 0.3) is 5.91 Å². The van der Waals surface area contributed by atoms with Gasteiger partial charge >= 0.3 is 7.12 Å². The molecular weight excluding hydrogens is 312 g/mol. The first kappa shape index (κ1) is 15.6. The largest absolute Gasteiger partial charge is 0.489 e. The van der Waals surface area contributed by atoms with Crippen molar-refractivity contribution in [2.45, 2.75) is 0 Å². The van der Waals surface area contributed by atoms with Crippen molar-refractivity contribution in [3.8, 4) is 0 Å². The topological polar surface area (TPSA) is 69.6 Å². The lowest BCUT2D eigenvalue weighted by Gasteiger charge is -2.10. The smallest absolute Gasteiger partial charge is 0.423 e. The van der Waals surface area contributed by atoms with Gasteiger partial charge in [-0.2, -0.15) is 0 Å². The highest BCUT2D eigenvalue weighted by molar-refractivity contribution is 6.62. The van der Waals surface area contributed by atoms with Crippen LogP contribution in [0.3, 0.4) is 0 Å². The first-order valence-corrected chi connectivity index (χ1v) is 7.39. The summed E-state index contributed by atoms with van der Waals surface area (Å²) in [6.07, 6.45) is 0.